The van der Waals surface area contributed by atoms with Crippen molar-refractivity contribution in [2.45, 2.75) is 13.0 Å². The fourth-order valence-corrected chi connectivity index (χ4v) is 2.31. The molecule has 1 N–H and O–H groups in total. The number of rotatable bonds is 2. The van der Waals surface area contributed by atoms with Crippen molar-refractivity contribution in [1.29, 1.82) is 0 Å². The van der Waals surface area contributed by atoms with E-state index in [0.29, 0.717) is 5.69 Å². The number of carbonyl (C=O) groups excluding carboxylic acids is 1. The lowest BCUT2D eigenvalue weighted by Crippen LogP contribution is -2.39. The van der Waals surface area contributed by atoms with E-state index < -0.39 is 12.0 Å². The summed E-state index contributed by atoms with van der Waals surface area (Å²) in [4.78, 5) is 25.9. The van der Waals surface area contributed by atoms with E-state index in [1.54, 1.807) is 19.2 Å². The highest BCUT2D eigenvalue weighted by Gasteiger charge is 2.40. The lowest BCUT2D eigenvalue weighted by Gasteiger charge is -2.20. The zero-order valence-corrected chi connectivity index (χ0v) is 11.6. The van der Waals surface area contributed by atoms with Crippen LogP contribution in [-0.2, 0) is 4.79 Å². The molecule has 2 rings (SSSR count). The van der Waals surface area contributed by atoms with Gasteiger partial charge in [-0.05, 0) is 24.6 Å². The molecule has 0 aliphatic carbocycles. The molecule has 5 nitrogen and oxygen atoms in total. The highest BCUT2D eigenvalue weighted by molar-refractivity contribution is 9.10. The molecule has 0 spiro atoms. The Kier molecular flexibility index (Phi) is 3.30. The second kappa shape index (κ2) is 4.61. The molecule has 0 saturated carbocycles. The monoisotopic (exact) mass is 312 g/mol. The van der Waals surface area contributed by atoms with Crippen LogP contribution >= 0.6 is 15.9 Å². The predicted octanol–water partition coefficient (Wildman–Crippen LogP) is 2.08. The highest BCUT2D eigenvalue weighted by atomic mass is 79.9. The number of urea groups is 1. The Morgan fingerprint density at radius 3 is 2.72 bits per heavy atom. The summed E-state index contributed by atoms with van der Waals surface area (Å²) in [5, 5.41) is 9.17. The van der Waals surface area contributed by atoms with Crippen LogP contribution in [0.1, 0.15) is 5.56 Å². The molecule has 0 aromatic heterocycles. The number of amides is 2. The molecule has 0 bridgehead atoms. The largest absolute Gasteiger partial charge is 0.480 e. The molecular formula is C12H13BrN2O3. The maximum Gasteiger partial charge on any atom is 0.328 e. The SMILES string of the molecule is Cc1ccc(N2C(=O)N(C)CC2C(=O)O)cc1Br. The quantitative estimate of drug-likeness (QED) is 0.909. The summed E-state index contributed by atoms with van der Waals surface area (Å²) in [5.41, 5.74) is 1.62. The minimum atomic E-state index is -0.996. The van der Waals surface area contributed by atoms with Crippen LogP contribution in [0.15, 0.2) is 22.7 Å². The Morgan fingerprint density at radius 1 is 1.50 bits per heavy atom. The van der Waals surface area contributed by atoms with Gasteiger partial charge in [0.05, 0.1) is 6.54 Å². The molecule has 1 aromatic rings. The molecule has 1 heterocycles. The van der Waals surface area contributed by atoms with Crippen molar-refractivity contribution in [3.63, 3.8) is 0 Å². The molecule has 0 radical (unpaired) electrons. The fraction of sp³-hybridized carbons (Fsp3) is 0.333. The van der Waals surface area contributed by atoms with Crippen molar-refractivity contribution in [3.8, 4) is 0 Å². The van der Waals surface area contributed by atoms with Crippen LogP contribution in [-0.4, -0.2) is 41.6 Å². The van der Waals surface area contributed by atoms with Crippen molar-refractivity contribution < 1.29 is 14.7 Å². The Bertz CT molecular complexity index is 518. The number of likely N-dealkylation sites (N-methyl/N-ethyl adjacent to an activating group) is 1. The van der Waals surface area contributed by atoms with Crippen LogP contribution in [0.25, 0.3) is 0 Å². The summed E-state index contributed by atoms with van der Waals surface area (Å²) >= 11 is 3.39. The topological polar surface area (TPSA) is 60.9 Å². The predicted molar refractivity (Wildman–Crippen MR) is 70.8 cm³/mol. The number of aryl methyl sites for hydroxylation is 1. The van der Waals surface area contributed by atoms with E-state index in [1.807, 2.05) is 13.0 Å². The molecule has 1 saturated heterocycles. The number of carbonyl (C=O) groups is 2. The molecule has 1 fully saturated rings. The molecule has 1 aromatic carbocycles. The molecule has 6 heteroatoms. The number of aliphatic carboxylic acids is 1. The van der Waals surface area contributed by atoms with Crippen molar-refractivity contribution in [3.05, 3.63) is 28.2 Å². The lowest BCUT2D eigenvalue weighted by atomic mass is 10.2. The van der Waals surface area contributed by atoms with Crippen LogP contribution in [0.4, 0.5) is 10.5 Å². The van der Waals surface area contributed by atoms with Gasteiger partial charge in [-0.2, -0.15) is 0 Å². The summed E-state index contributed by atoms with van der Waals surface area (Å²) in [6.45, 7) is 2.13. The molecule has 2 amide bonds. The van der Waals surface area contributed by atoms with Gasteiger partial charge in [0, 0.05) is 17.2 Å². The van der Waals surface area contributed by atoms with Gasteiger partial charge in [-0.15, -0.1) is 0 Å². The van der Waals surface area contributed by atoms with E-state index in [4.69, 9.17) is 0 Å². The number of carboxylic acid groups (broad SMARTS) is 1. The van der Waals surface area contributed by atoms with E-state index in [0.717, 1.165) is 10.0 Å². The van der Waals surface area contributed by atoms with Crippen LogP contribution in [0, 0.1) is 6.92 Å². The van der Waals surface area contributed by atoms with Crippen LogP contribution in [0.5, 0.6) is 0 Å². The average molecular weight is 313 g/mol. The summed E-state index contributed by atoms with van der Waals surface area (Å²) in [5.74, 6) is -0.996. The molecule has 96 valence electrons. The van der Waals surface area contributed by atoms with Gasteiger partial charge in [-0.25, -0.2) is 9.59 Å². The zero-order valence-electron chi connectivity index (χ0n) is 10.1. The third-order valence-corrected chi connectivity index (χ3v) is 3.86. The van der Waals surface area contributed by atoms with E-state index in [9.17, 15) is 14.7 Å². The summed E-state index contributed by atoms with van der Waals surface area (Å²) < 4.78 is 0.853. The van der Waals surface area contributed by atoms with Crippen molar-refractivity contribution in [2.24, 2.45) is 0 Å². The van der Waals surface area contributed by atoms with Crippen molar-refractivity contribution >= 4 is 33.6 Å². The number of hydrogen-bond acceptors (Lipinski definition) is 2. The van der Waals surface area contributed by atoms with Gasteiger partial charge in [0.25, 0.3) is 0 Å². The number of carboxylic acids is 1. The summed E-state index contributed by atoms with van der Waals surface area (Å²) in [6.07, 6.45) is 0. The maximum absolute atomic E-state index is 12.0. The van der Waals surface area contributed by atoms with Gasteiger partial charge < -0.3 is 10.0 Å². The number of anilines is 1. The first-order valence-electron chi connectivity index (χ1n) is 5.45. The fourth-order valence-electron chi connectivity index (χ4n) is 1.95. The van der Waals surface area contributed by atoms with Crippen molar-refractivity contribution in [2.75, 3.05) is 18.5 Å². The van der Waals surface area contributed by atoms with Gasteiger partial charge in [0.2, 0.25) is 0 Å². The number of benzene rings is 1. The van der Waals surface area contributed by atoms with Crippen molar-refractivity contribution in [1.82, 2.24) is 4.90 Å². The first kappa shape index (κ1) is 12.9. The van der Waals surface area contributed by atoms with Gasteiger partial charge in [-0.1, -0.05) is 22.0 Å². The van der Waals surface area contributed by atoms with E-state index >= 15 is 0 Å². The van der Waals surface area contributed by atoms with Gasteiger partial charge >= 0.3 is 12.0 Å². The first-order valence-corrected chi connectivity index (χ1v) is 6.24. The van der Waals surface area contributed by atoms with Crippen LogP contribution in [0.2, 0.25) is 0 Å². The van der Waals surface area contributed by atoms with Gasteiger partial charge in [0.15, 0.2) is 6.04 Å². The molecule has 1 atom stereocenters. The second-order valence-electron chi connectivity index (χ2n) is 4.32. The normalized spacial score (nSPS) is 19.5. The highest BCUT2D eigenvalue weighted by Crippen LogP contribution is 2.28. The zero-order chi connectivity index (χ0) is 13.4. The molecule has 1 aliphatic heterocycles. The third kappa shape index (κ3) is 2.08. The van der Waals surface area contributed by atoms with Gasteiger partial charge in [0.1, 0.15) is 0 Å². The standard InChI is InChI=1S/C12H13BrN2O3/c1-7-3-4-8(5-9(7)13)15-10(11(16)17)6-14(2)12(15)18/h3-5,10H,6H2,1-2H3,(H,16,17). The lowest BCUT2D eigenvalue weighted by molar-refractivity contribution is -0.138. The van der Waals surface area contributed by atoms with E-state index in [-0.39, 0.29) is 12.6 Å². The summed E-state index contributed by atoms with van der Waals surface area (Å²) in [7, 11) is 1.60. The average Bonchev–Trinajstić information content (AvgIpc) is 2.60. The van der Waals surface area contributed by atoms with Crippen LogP contribution in [0.3, 0.4) is 0 Å². The Hall–Kier alpha value is -1.56. The Morgan fingerprint density at radius 2 is 2.17 bits per heavy atom. The molecule has 1 unspecified atom stereocenters. The maximum atomic E-state index is 12.0. The second-order valence-corrected chi connectivity index (χ2v) is 5.17. The smallest absolute Gasteiger partial charge is 0.328 e. The Labute approximate surface area is 113 Å². The first-order chi connectivity index (χ1) is 8.41. The minimum absolute atomic E-state index is 0.194. The number of nitrogens with zero attached hydrogens (tertiary/aromatic N) is 2. The number of halogens is 1. The third-order valence-electron chi connectivity index (χ3n) is 3.01. The molecule has 1 aliphatic rings. The minimum Gasteiger partial charge on any atom is -0.480 e. The Balaban J connectivity index is 2.43. The van der Waals surface area contributed by atoms with Gasteiger partial charge in [-0.3, -0.25) is 4.90 Å². The van der Waals surface area contributed by atoms with E-state index in [2.05, 4.69) is 15.9 Å². The number of hydrogen-bond donors (Lipinski definition) is 1. The summed E-state index contributed by atoms with van der Waals surface area (Å²) in [6, 6.07) is 4.24. The molecule has 18 heavy (non-hydrogen) atoms. The van der Waals surface area contributed by atoms with E-state index in [1.165, 1.54) is 9.80 Å². The van der Waals surface area contributed by atoms with Crippen LogP contribution < -0.4 is 4.90 Å². The molecular weight excluding hydrogens is 300 g/mol.